The van der Waals surface area contributed by atoms with Gasteiger partial charge in [-0.1, -0.05) is 0 Å². The molecule has 3 heteroatoms. The van der Waals surface area contributed by atoms with Crippen molar-refractivity contribution in [2.24, 2.45) is 0 Å². The van der Waals surface area contributed by atoms with Crippen molar-refractivity contribution in [2.75, 3.05) is 7.11 Å². The summed E-state index contributed by atoms with van der Waals surface area (Å²) in [5.41, 5.74) is 4.82. The van der Waals surface area contributed by atoms with Crippen molar-refractivity contribution in [1.82, 2.24) is 0 Å². The average molecular weight is 461 g/mol. The van der Waals surface area contributed by atoms with Gasteiger partial charge in [-0.2, -0.15) is 0 Å². The molecule has 0 aliphatic rings. The molecule has 0 radical (unpaired) electrons. The SMILES string of the molecule is COc1cccc(CP(Cl)(c2ccccc2C)(c2ccccc2C)c2ccccc2C)c1. The average Bonchev–Trinajstić information content (AvgIpc) is 2.80. The fraction of sp³-hybridized carbons (Fsp3) is 0.172. The van der Waals surface area contributed by atoms with Gasteiger partial charge in [0.05, 0.1) is 0 Å². The predicted octanol–water partition coefficient (Wildman–Crippen LogP) is 6.80. The van der Waals surface area contributed by atoms with E-state index in [1.807, 2.05) is 6.07 Å². The zero-order valence-corrected chi connectivity index (χ0v) is 20.8. The first-order valence-electron chi connectivity index (χ1n) is 10.9. The van der Waals surface area contributed by atoms with Crippen LogP contribution in [0.2, 0.25) is 0 Å². The number of aryl methyl sites for hydroxylation is 3. The molecular formula is C29H30ClOP. The molecule has 0 fully saturated rings. The molecule has 0 spiro atoms. The maximum absolute atomic E-state index is 8.41. The number of rotatable bonds is 6. The topological polar surface area (TPSA) is 9.23 Å². The number of hydrogen-bond acceptors (Lipinski definition) is 1. The van der Waals surface area contributed by atoms with Crippen LogP contribution in [0.4, 0.5) is 0 Å². The number of halogens is 1. The van der Waals surface area contributed by atoms with Crippen molar-refractivity contribution in [1.29, 1.82) is 0 Å². The van der Waals surface area contributed by atoms with Gasteiger partial charge in [-0.25, -0.2) is 0 Å². The summed E-state index contributed by atoms with van der Waals surface area (Å²) in [6.45, 7) is 6.55. The maximum atomic E-state index is 8.41. The van der Waals surface area contributed by atoms with Gasteiger partial charge in [0.1, 0.15) is 0 Å². The Morgan fingerprint density at radius 1 is 0.625 bits per heavy atom. The number of hydrogen-bond donors (Lipinski definition) is 0. The van der Waals surface area contributed by atoms with E-state index in [0.29, 0.717) is 6.16 Å². The van der Waals surface area contributed by atoms with Crippen molar-refractivity contribution < 1.29 is 4.74 Å². The molecule has 0 heterocycles. The zero-order valence-electron chi connectivity index (χ0n) is 19.2. The van der Waals surface area contributed by atoms with Crippen molar-refractivity contribution in [3.05, 3.63) is 119 Å². The summed E-state index contributed by atoms with van der Waals surface area (Å²) in [6, 6.07) is 34.2. The van der Waals surface area contributed by atoms with Crippen LogP contribution in [0, 0.1) is 20.8 Å². The standard InChI is InChI=1S/C29H30ClOP/c1-22-12-5-8-17-27(22)32(30,28-18-9-6-13-23(28)2,29-19-10-7-14-24(29)3)21-25-15-11-16-26(20-25)31-4/h5-20H,21H2,1-4H3. The van der Waals surface area contributed by atoms with Gasteiger partial charge in [-0.15, -0.1) is 0 Å². The molecule has 0 unspecified atom stereocenters. The molecule has 0 N–H and O–H groups in total. The second-order valence-corrected chi connectivity index (χ2v) is 14.9. The molecule has 32 heavy (non-hydrogen) atoms. The monoisotopic (exact) mass is 460 g/mol. The predicted molar refractivity (Wildman–Crippen MR) is 142 cm³/mol. The molecule has 4 aromatic carbocycles. The summed E-state index contributed by atoms with van der Waals surface area (Å²) in [5, 5.41) is 3.68. The van der Waals surface area contributed by atoms with Crippen LogP contribution in [0.1, 0.15) is 22.3 Å². The Hall–Kier alpha value is -2.60. The van der Waals surface area contributed by atoms with Crippen LogP contribution in [0.15, 0.2) is 97.1 Å². The number of methoxy groups -OCH3 is 1. The third-order valence-corrected chi connectivity index (χ3v) is 13.9. The summed E-state index contributed by atoms with van der Waals surface area (Å²) in [7, 11) is 1.71. The molecule has 0 saturated heterocycles. The van der Waals surface area contributed by atoms with Crippen molar-refractivity contribution in [2.45, 2.75) is 26.9 Å². The van der Waals surface area contributed by atoms with E-state index in [2.05, 4.69) is 112 Å². The van der Waals surface area contributed by atoms with Gasteiger partial charge in [0, 0.05) is 0 Å². The third-order valence-electron chi connectivity index (χ3n) is 6.47. The summed E-state index contributed by atoms with van der Waals surface area (Å²) < 4.78 is 5.56. The van der Waals surface area contributed by atoms with Crippen LogP contribution in [0.3, 0.4) is 0 Å². The van der Waals surface area contributed by atoms with E-state index < -0.39 is 5.96 Å². The third kappa shape index (κ3) is 3.64. The fourth-order valence-corrected chi connectivity index (χ4v) is 12.9. The van der Waals surface area contributed by atoms with E-state index in [1.54, 1.807) is 7.11 Å². The van der Waals surface area contributed by atoms with Gasteiger partial charge >= 0.3 is 197 Å². The Bertz CT molecular complexity index is 1150. The Morgan fingerprint density at radius 3 is 1.47 bits per heavy atom. The van der Waals surface area contributed by atoms with Crippen molar-refractivity contribution in [3.8, 4) is 5.75 Å². The van der Waals surface area contributed by atoms with E-state index in [-0.39, 0.29) is 0 Å². The van der Waals surface area contributed by atoms with E-state index >= 15 is 0 Å². The Morgan fingerprint density at radius 2 is 1.06 bits per heavy atom. The molecule has 0 aromatic heterocycles. The van der Waals surface area contributed by atoms with Crippen molar-refractivity contribution in [3.63, 3.8) is 0 Å². The first-order chi connectivity index (χ1) is 15.4. The molecule has 0 bridgehead atoms. The van der Waals surface area contributed by atoms with Crippen LogP contribution in [0.25, 0.3) is 0 Å². The number of ether oxygens (including phenoxy) is 1. The number of benzene rings is 4. The van der Waals surface area contributed by atoms with E-state index in [1.165, 1.54) is 38.2 Å². The molecular weight excluding hydrogens is 431 g/mol. The van der Waals surface area contributed by atoms with Crippen LogP contribution in [-0.2, 0) is 6.16 Å². The quantitative estimate of drug-likeness (QED) is 0.287. The van der Waals surface area contributed by atoms with Gasteiger partial charge in [-0.05, 0) is 0 Å². The molecule has 0 saturated carbocycles. The second kappa shape index (κ2) is 8.74. The molecule has 164 valence electrons. The van der Waals surface area contributed by atoms with E-state index in [9.17, 15) is 0 Å². The summed E-state index contributed by atoms with van der Waals surface area (Å²) in [6.07, 6.45) is 0.713. The first-order valence-corrected chi connectivity index (χ1v) is 14.3. The molecule has 0 amide bonds. The molecule has 4 rings (SSSR count). The van der Waals surface area contributed by atoms with Gasteiger partial charge < -0.3 is 0 Å². The minimum atomic E-state index is -3.44. The molecule has 1 nitrogen and oxygen atoms in total. The van der Waals surface area contributed by atoms with Crippen molar-refractivity contribution >= 4 is 33.1 Å². The van der Waals surface area contributed by atoms with Gasteiger partial charge in [0.2, 0.25) is 0 Å². The Balaban J connectivity index is 2.19. The second-order valence-electron chi connectivity index (χ2n) is 8.55. The van der Waals surface area contributed by atoms with E-state index in [0.717, 1.165) is 5.75 Å². The van der Waals surface area contributed by atoms with Gasteiger partial charge in [0.25, 0.3) is 0 Å². The Kier molecular flexibility index (Phi) is 6.17. The fourth-order valence-electron chi connectivity index (χ4n) is 5.02. The van der Waals surface area contributed by atoms with Gasteiger partial charge in [0.15, 0.2) is 0 Å². The summed E-state index contributed by atoms with van der Waals surface area (Å²) in [5.74, 6) is -2.59. The molecule has 0 aliphatic heterocycles. The normalized spacial score (nSPS) is 12.7. The first kappa shape index (κ1) is 22.6. The van der Waals surface area contributed by atoms with Crippen LogP contribution < -0.4 is 20.7 Å². The van der Waals surface area contributed by atoms with E-state index in [4.69, 9.17) is 16.0 Å². The summed E-state index contributed by atoms with van der Waals surface area (Å²) in [4.78, 5) is 0. The Labute approximate surface area is 196 Å². The zero-order chi connectivity index (χ0) is 22.8. The molecule has 0 aliphatic carbocycles. The molecule has 4 aromatic rings. The summed E-state index contributed by atoms with van der Waals surface area (Å²) >= 11 is 8.41. The van der Waals surface area contributed by atoms with Crippen LogP contribution in [0.5, 0.6) is 5.75 Å². The van der Waals surface area contributed by atoms with Gasteiger partial charge in [-0.3, -0.25) is 0 Å². The van der Waals surface area contributed by atoms with Crippen LogP contribution in [-0.4, -0.2) is 7.11 Å². The van der Waals surface area contributed by atoms with Crippen LogP contribution >= 0.6 is 17.2 Å². The molecule has 0 atom stereocenters. The minimum absolute atomic E-state index is 0.713.